The van der Waals surface area contributed by atoms with Crippen LogP contribution in [0.25, 0.3) is 0 Å². The minimum absolute atomic E-state index is 0.000764. The van der Waals surface area contributed by atoms with Crippen LogP contribution in [0.5, 0.6) is 0 Å². The number of rotatable bonds is 4. The van der Waals surface area contributed by atoms with Crippen LogP contribution in [0, 0.1) is 0 Å². The molecule has 3 amide bonds. The van der Waals surface area contributed by atoms with Crippen LogP contribution in [0.15, 0.2) is 54.6 Å². The minimum atomic E-state index is -0.0885. The van der Waals surface area contributed by atoms with Crippen molar-refractivity contribution in [2.24, 2.45) is 0 Å². The van der Waals surface area contributed by atoms with Gasteiger partial charge in [0, 0.05) is 49.4 Å². The zero-order valence-corrected chi connectivity index (χ0v) is 16.1. The van der Waals surface area contributed by atoms with Gasteiger partial charge in [-0.1, -0.05) is 31.2 Å². The average molecular weight is 379 g/mol. The van der Waals surface area contributed by atoms with E-state index in [9.17, 15) is 14.4 Å². The first-order valence-electron chi connectivity index (χ1n) is 9.62. The molecule has 0 atom stereocenters. The summed E-state index contributed by atoms with van der Waals surface area (Å²) in [7, 11) is 0. The number of hydrogen-bond acceptors (Lipinski definition) is 3. The maximum atomic E-state index is 12.9. The fourth-order valence-electron chi connectivity index (χ4n) is 3.25. The van der Waals surface area contributed by atoms with E-state index in [0.29, 0.717) is 49.4 Å². The summed E-state index contributed by atoms with van der Waals surface area (Å²) in [6.07, 6.45) is 1.12. The summed E-state index contributed by atoms with van der Waals surface area (Å²) in [5, 5.41) is 2.78. The number of carbonyl (C=O) groups is 3. The van der Waals surface area contributed by atoms with Crippen molar-refractivity contribution < 1.29 is 14.4 Å². The van der Waals surface area contributed by atoms with Crippen LogP contribution in [-0.4, -0.2) is 53.7 Å². The number of amides is 3. The summed E-state index contributed by atoms with van der Waals surface area (Å²) >= 11 is 0. The van der Waals surface area contributed by atoms with Gasteiger partial charge in [-0.15, -0.1) is 0 Å². The Hall–Kier alpha value is -3.15. The average Bonchev–Trinajstić information content (AvgIpc) is 2.99. The largest absolute Gasteiger partial charge is 0.337 e. The van der Waals surface area contributed by atoms with Crippen molar-refractivity contribution in [3.05, 3.63) is 65.7 Å². The van der Waals surface area contributed by atoms with E-state index in [0.717, 1.165) is 6.42 Å². The quantitative estimate of drug-likeness (QED) is 0.888. The number of benzene rings is 2. The highest BCUT2D eigenvalue weighted by atomic mass is 16.2. The molecule has 1 saturated heterocycles. The van der Waals surface area contributed by atoms with E-state index in [2.05, 4.69) is 5.32 Å². The lowest BCUT2D eigenvalue weighted by molar-refractivity contribution is -0.115. The van der Waals surface area contributed by atoms with Crippen molar-refractivity contribution in [2.45, 2.75) is 19.8 Å². The zero-order chi connectivity index (χ0) is 19.9. The summed E-state index contributed by atoms with van der Waals surface area (Å²) in [5.74, 6) is -0.171. The van der Waals surface area contributed by atoms with Crippen molar-refractivity contribution in [1.82, 2.24) is 9.80 Å². The highest BCUT2D eigenvalue weighted by Crippen LogP contribution is 2.15. The first-order valence-corrected chi connectivity index (χ1v) is 9.62. The Bertz CT molecular complexity index is 851. The molecule has 3 rings (SSSR count). The van der Waals surface area contributed by atoms with E-state index in [1.54, 1.807) is 41.0 Å². The van der Waals surface area contributed by atoms with Gasteiger partial charge < -0.3 is 15.1 Å². The Balaban J connectivity index is 1.65. The SMILES string of the molecule is CCC(=O)Nc1cccc(C(=O)N2CCCN(C(=O)c3ccccc3)CC2)c1. The van der Waals surface area contributed by atoms with Gasteiger partial charge in [-0.05, 0) is 36.8 Å². The van der Waals surface area contributed by atoms with Crippen LogP contribution >= 0.6 is 0 Å². The van der Waals surface area contributed by atoms with E-state index in [4.69, 9.17) is 0 Å². The van der Waals surface area contributed by atoms with Gasteiger partial charge in [-0.2, -0.15) is 0 Å². The third-order valence-corrected chi connectivity index (χ3v) is 4.81. The lowest BCUT2D eigenvalue weighted by atomic mass is 10.1. The predicted molar refractivity (Wildman–Crippen MR) is 108 cm³/mol. The summed E-state index contributed by atoms with van der Waals surface area (Å²) in [4.78, 5) is 40.7. The molecule has 0 bridgehead atoms. The van der Waals surface area contributed by atoms with E-state index in [1.807, 2.05) is 30.3 Å². The summed E-state index contributed by atoms with van der Waals surface area (Å²) in [6, 6.07) is 16.2. The van der Waals surface area contributed by atoms with Crippen LogP contribution in [-0.2, 0) is 4.79 Å². The van der Waals surface area contributed by atoms with Gasteiger partial charge in [0.15, 0.2) is 0 Å². The molecular formula is C22H25N3O3. The van der Waals surface area contributed by atoms with Crippen LogP contribution in [0.4, 0.5) is 5.69 Å². The fraction of sp³-hybridized carbons (Fsp3) is 0.318. The normalized spacial score (nSPS) is 14.3. The van der Waals surface area contributed by atoms with Crippen LogP contribution < -0.4 is 5.32 Å². The van der Waals surface area contributed by atoms with Crippen molar-refractivity contribution in [1.29, 1.82) is 0 Å². The molecule has 0 saturated carbocycles. The third-order valence-electron chi connectivity index (χ3n) is 4.81. The molecule has 0 unspecified atom stereocenters. The Morgan fingerprint density at radius 1 is 0.821 bits per heavy atom. The maximum Gasteiger partial charge on any atom is 0.253 e. The van der Waals surface area contributed by atoms with Gasteiger partial charge in [-0.3, -0.25) is 14.4 Å². The van der Waals surface area contributed by atoms with Gasteiger partial charge in [0.1, 0.15) is 0 Å². The van der Waals surface area contributed by atoms with E-state index in [-0.39, 0.29) is 17.7 Å². The first kappa shape index (κ1) is 19.6. The Labute approximate surface area is 165 Å². The minimum Gasteiger partial charge on any atom is -0.337 e. The van der Waals surface area contributed by atoms with E-state index >= 15 is 0 Å². The number of nitrogens with zero attached hydrogens (tertiary/aromatic N) is 2. The molecule has 1 aliphatic rings. The molecule has 0 aliphatic carbocycles. The molecule has 1 aliphatic heterocycles. The molecule has 6 heteroatoms. The van der Waals surface area contributed by atoms with Crippen LogP contribution in [0.1, 0.15) is 40.5 Å². The summed E-state index contributed by atoms with van der Waals surface area (Å²) in [5.41, 5.74) is 1.83. The zero-order valence-electron chi connectivity index (χ0n) is 16.1. The number of carbonyl (C=O) groups excluding carboxylic acids is 3. The Kier molecular flexibility index (Phi) is 6.42. The van der Waals surface area contributed by atoms with Crippen molar-refractivity contribution in [3.8, 4) is 0 Å². The lowest BCUT2D eigenvalue weighted by Crippen LogP contribution is -2.37. The molecule has 2 aromatic rings. The molecule has 0 spiro atoms. The Morgan fingerprint density at radius 2 is 1.43 bits per heavy atom. The second-order valence-corrected chi connectivity index (χ2v) is 6.79. The molecule has 1 heterocycles. The molecular weight excluding hydrogens is 354 g/mol. The second-order valence-electron chi connectivity index (χ2n) is 6.79. The summed E-state index contributed by atoms with van der Waals surface area (Å²) < 4.78 is 0. The second kappa shape index (κ2) is 9.17. The van der Waals surface area contributed by atoms with Gasteiger partial charge in [-0.25, -0.2) is 0 Å². The van der Waals surface area contributed by atoms with Gasteiger partial charge >= 0.3 is 0 Å². The molecule has 1 N–H and O–H groups in total. The topological polar surface area (TPSA) is 69.7 Å². The molecule has 1 fully saturated rings. The maximum absolute atomic E-state index is 12.9. The van der Waals surface area contributed by atoms with Crippen LogP contribution in [0.3, 0.4) is 0 Å². The van der Waals surface area contributed by atoms with Crippen molar-refractivity contribution >= 4 is 23.4 Å². The number of anilines is 1. The molecule has 146 valence electrons. The third kappa shape index (κ3) is 4.76. The highest BCUT2D eigenvalue weighted by molar-refractivity contribution is 5.97. The predicted octanol–water partition coefficient (Wildman–Crippen LogP) is 3.02. The lowest BCUT2D eigenvalue weighted by Gasteiger charge is -2.22. The number of hydrogen-bond donors (Lipinski definition) is 1. The molecule has 0 aromatic heterocycles. The fourth-order valence-corrected chi connectivity index (χ4v) is 3.25. The molecule has 0 radical (unpaired) electrons. The highest BCUT2D eigenvalue weighted by Gasteiger charge is 2.23. The molecule has 6 nitrogen and oxygen atoms in total. The number of nitrogens with one attached hydrogen (secondary N) is 1. The Morgan fingerprint density at radius 3 is 2.07 bits per heavy atom. The standard InChI is InChI=1S/C22H25N3O3/c1-2-20(26)23-19-11-6-10-18(16-19)22(28)25-13-7-12-24(14-15-25)21(27)17-8-4-3-5-9-17/h3-6,8-11,16H,2,7,12-15H2,1H3,(H,23,26). The van der Waals surface area contributed by atoms with E-state index < -0.39 is 0 Å². The molecule has 28 heavy (non-hydrogen) atoms. The van der Waals surface area contributed by atoms with Crippen molar-refractivity contribution in [2.75, 3.05) is 31.5 Å². The van der Waals surface area contributed by atoms with Gasteiger partial charge in [0.25, 0.3) is 11.8 Å². The van der Waals surface area contributed by atoms with E-state index in [1.165, 1.54) is 0 Å². The smallest absolute Gasteiger partial charge is 0.253 e. The van der Waals surface area contributed by atoms with Crippen molar-refractivity contribution in [3.63, 3.8) is 0 Å². The van der Waals surface area contributed by atoms with Crippen LogP contribution in [0.2, 0.25) is 0 Å². The summed E-state index contributed by atoms with van der Waals surface area (Å²) in [6.45, 7) is 4.01. The van der Waals surface area contributed by atoms with Gasteiger partial charge in [0.05, 0.1) is 0 Å². The molecule has 2 aromatic carbocycles. The first-order chi connectivity index (χ1) is 13.6. The van der Waals surface area contributed by atoms with Gasteiger partial charge in [0.2, 0.25) is 5.91 Å². The monoisotopic (exact) mass is 379 g/mol.